The predicted molar refractivity (Wildman–Crippen MR) is 80.8 cm³/mol. The molecule has 0 aromatic heterocycles. The topological polar surface area (TPSA) is 29.3 Å². The summed E-state index contributed by atoms with van der Waals surface area (Å²) in [5.41, 5.74) is 6.28. The molecular weight excluding hydrogens is 220 g/mol. The molecule has 2 nitrogen and oxygen atoms in total. The Morgan fingerprint density at radius 2 is 1.83 bits per heavy atom. The summed E-state index contributed by atoms with van der Waals surface area (Å²) in [6.07, 6.45) is 9.37. The quantitative estimate of drug-likeness (QED) is 0.716. The van der Waals surface area contributed by atoms with E-state index in [4.69, 9.17) is 5.73 Å². The molecular formula is C16H34N2. The van der Waals surface area contributed by atoms with Crippen LogP contribution in [0.4, 0.5) is 0 Å². The third kappa shape index (κ3) is 5.27. The summed E-state index contributed by atoms with van der Waals surface area (Å²) in [5.74, 6) is 0.862. The lowest BCUT2D eigenvalue weighted by molar-refractivity contribution is 0.112. The van der Waals surface area contributed by atoms with Gasteiger partial charge in [0.15, 0.2) is 0 Å². The fraction of sp³-hybridized carbons (Fsp3) is 1.00. The molecule has 0 bridgehead atoms. The molecule has 0 aromatic carbocycles. The average molecular weight is 254 g/mol. The molecule has 0 amide bonds. The predicted octanol–water partition coefficient (Wildman–Crippen LogP) is 3.65. The standard InChI is InChI=1S/C16H34N2/c1-4-15(8-11-17)7-6-12-18-13-9-16(3,5-2)10-14-18/h15H,4-14,17H2,1-3H3. The van der Waals surface area contributed by atoms with Gasteiger partial charge in [0.1, 0.15) is 0 Å². The lowest BCUT2D eigenvalue weighted by atomic mass is 9.78. The molecule has 0 aliphatic carbocycles. The van der Waals surface area contributed by atoms with Crippen LogP contribution in [0.15, 0.2) is 0 Å². The van der Waals surface area contributed by atoms with Crippen LogP contribution in [0.2, 0.25) is 0 Å². The Bertz CT molecular complexity index is 207. The van der Waals surface area contributed by atoms with Crippen LogP contribution in [0.3, 0.4) is 0 Å². The van der Waals surface area contributed by atoms with Crippen molar-refractivity contribution >= 4 is 0 Å². The Morgan fingerprint density at radius 3 is 2.33 bits per heavy atom. The van der Waals surface area contributed by atoms with Crippen LogP contribution in [-0.4, -0.2) is 31.1 Å². The second-order valence-corrected chi connectivity index (χ2v) is 6.50. The van der Waals surface area contributed by atoms with Crippen molar-refractivity contribution in [2.75, 3.05) is 26.2 Å². The van der Waals surface area contributed by atoms with Crippen molar-refractivity contribution in [3.8, 4) is 0 Å². The third-order valence-corrected chi connectivity index (χ3v) is 5.16. The molecule has 0 aromatic rings. The van der Waals surface area contributed by atoms with Gasteiger partial charge in [0.2, 0.25) is 0 Å². The van der Waals surface area contributed by atoms with Crippen LogP contribution >= 0.6 is 0 Å². The van der Waals surface area contributed by atoms with Gasteiger partial charge in [-0.2, -0.15) is 0 Å². The Kier molecular flexibility index (Phi) is 7.25. The van der Waals surface area contributed by atoms with E-state index in [1.54, 1.807) is 0 Å². The van der Waals surface area contributed by atoms with Gasteiger partial charge >= 0.3 is 0 Å². The van der Waals surface area contributed by atoms with E-state index in [1.165, 1.54) is 64.6 Å². The number of likely N-dealkylation sites (tertiary alicyclic amines) is 1. The molecule has 1 fully saturated rings. The van der Waals surface area contributed by atoms with E-state index in [9.17, 15) is 0 Å². The van der Waals surface area contributed by atoms with Crippen LogP contribution in [0.1, 0.15) is 65.7 Å². The maximum Gasteiger partial charge on any atom is -0.00135 e. The molecule has 1 saturated heterocycles. The Hall–Kier alpha value is -0.0800. The summed E-state index contributed by atoms with van der Waals surface area (Å²) in [6.45, 7) is 11.9. The summed E-state index contributed by atoms with van der Waals surface area (Å²) < 4.78 is 0. The third-order valence-electron chi connectivity index (χ3n) is 5.16. The zero-order valence-electron chi connectivity index (χ0n) is 12.9. The van der Waals surface area contributed by atoms with Crippen molar-refractivity contribution in [3.05, 3.63) is 0 Å². The number of piperidine rings is 1. The minimum absolute atomic E-state index is 0.627. The van der Waals surface area contributed by atoms with E-state index in [1.807, 2.05) is 0 Å². The Morgan fingerprint density at radius 1 is 1.17 bits per heavy atom. The van der Waals surface area contributed by atoms with Crippen LogP contribution in [-0.2, 0) is 0 Å². The molecule has 0 spiro atoms. The molecule has 0 saturated carbocycles. The molecule has 1 heterocycles. The molecule has 0 radical (unpaired) electrons. The highest BCUT2D eigenvalue weighted by Gasteiger charge is 2.27. The molecule has 2 N–H and O–H groups in total. The molecule has 18 heavy (non-hydrogen) atoms. The second-order valence-electron chi connectivity index (χ2n) is 6.50. The minimum Gasteiger partial charge on any atom is -0.330 e. The molecule has 1 unspecified atom stereocenters. The van der Waals surface area contributed by atoms with Gasteiger partial charge in [0.05, 0.1) is 0 Å². The van der Waals surface area contributed by atoms with Crippen LogP contribution in [0.25, 0.3) is 0 Å². The molecule has 1 atom stereocenters. The summed E-state index contributed by atoms with van der Waals surface area (Å²) in [5, 5.41) is 0. The van der Waals surface area contributed by atoms with Gasteiger partial charge in [-0.05, 0) is 69.6 Å². The molecule has 1 aliphatic heterocycles. The fourth-order valence-corrected chi connectivity index (χ4v) is 3.06. The molecule has 2 heteroatoms. The van der Waals surface area contributed by atoms with Gasteiger partial charge in [-0.15, -0.1) is 0 Å². The van der Waals surface area contributed by atoms with E-state index in [-0.39, 0.29) is 0 Å². The zero-order chi connectivity index (χ0) is 13.4. The summed E-state index contributed by atoms with van der Waals surface area (Å²) >= 11 is 0. The Balaban J connectivity index is 2.14. The van der Waals surface area contributed by atoms with Crippen molar-refractivity contribution < 1.29 is 0 Å². The average Bonchev–Trinajstić information content (AvgIpc) is 2.40. The number of nitrogens with two attached hydrogens (primary N) is 1. The van der Waals surface area contributed by atoms with Crippen molar-refractivity contribution in [3.63, 3.8) is 0 Å². The highest BCUT2D eigenvalue weighted by molar-refractivity contribution is 4.81. The minimum atomic E-state index is 0.627. The van der Waals surface area contributed by atoms with E-state index in [0.29, 0.717) is 5.41 Å². The highest BCUT2D eigenvalue weighted by atomic mass is 15.1. The van der Waals surface area contributed by atoms with Gasteiger partial charge in [0, 0.05) is 0 Å². The summed E-state index contributed by atoms with van der Waals surface area (Å²) in [7, 11) is 0. The fourth-order valence-electron chi connectivity index (χ4n) is 3.06. The smallest absolute Gasteiger partial charge is 0.00135 e. The summed E-state index contributed by atoms with van der Waals surface area (Å²) in [4.78, 5) is 2.67. The van der Waals surface area contributed by atoms with Crippen molar-refractivity contribution in [2.24, 2.45) is 17.1 Å². The number of nitrogens with zero attached hydrogens (tertiary/aromatic N) is 1. The van der Waals surface area contributed by atoms with Gasteiger partial charge in [-0.1, -0.05) is 33.6 Å². The number of rotatable bonds is 8. The van der Waals surface area contributed by atoms with E-state index in [0.717, 1.165) is 12.5 Å². The first kappa shape index (κ1) is 16.0. The number of hydrogen-bond donors (Lipinski definition) is 1. The monoisotopic (exact) mass is 254 g/mol. The first-order valence-electron chi connectivity index (χ1n) is 8.06. The van der Waals surface area contributed by atoms with Crippen LogP contribution in [0.5, 0.6) is 0 Å². The zero-order valence-corrected chi connectivity index (χ0v) is 12.9. The number of hydrogen-bond acceptors (Lipinski definition) is 2. The molecule has 1 aliphatic rings. The maximum atomic E-state index is 5.65. The molecule has 1 rings (SSSR count). The largest absolute Gasteiger partial charge is 0.330 e. The Labute approximate surface area is 114 Å². The van der Waals surface area contributed by atoms with Gasteiger partial charge < -0.3 is 10.6 Å². The van der Waals surface area contributed by atoms with Crippen LogP contribution < -0.4 is 5.73 Å². The van der Waals surface area contributed by atoms with Crippen molar-refractivity contribution in [1.29, 1.82) is 0 Å². The first-order valence-corrected chi connectivity index (χ1v) is 8.06. The van der Waals surface area contributed by atoms with Crippen LogP contribution in [0, 0.1) is 11.3 Å². The maximum absolute atomic E-state index is 5.65. The van der Waals surface area contributed by atoms with E-state index in [2.05, 4.69) is 25.7 Å². The normalized spacial score (nSPS) is 22.0. The van der Waals surface area contributed by atoms with Gasteiger partial charge in [-0.25, -0.2) is 0 Å². The summed E-state index contributed by atoms with van der Waals surface area (Å²) in [6, 6.07) is 0. The van der Waals surface area contributed by atoms with Crippen molar-refractivity contribution in [2.45, 2.75) is 65.7 Å². The van der Waals surface area contributed by atoms with E-state index < -0.39 is 0 Å². The lowest BCUT2D eigenvalue weighted by Gasteiger charge is -2.39. The first-order chi connectivity index (χ1) is 8.63. The van der Waals surface area contributed by atoms with Crippen molar-refractivity contribution in [1.82, 2.24) is 4.90 Å². The highest BCUT2D eigenvalue weighted by Crippen LogP contribution is 2.33. The van der Waals surface area contributed by atoms with Gasteiger partial charge in [-0.3, -0.25) is 0 Å². The SMILES string of the molecule is CCC(CCN)CCCN1CCC(C)(CC)CC1. The van der Waals surface area contributed by atoms with E-state index >= 15 is 0 Å². The molecule has 108 valence electrons. The van der Waals surface area contributed by atoms with Gasteiger partial charge in [0.25, 0.3) is 0 Å². The second kappa shape index (κ2) is 8.16. The lowest BCUT2D eigenvalue weighted by Crippen LogP contribution is -2.38.